The zero-order valence-electron chi connectivity index (χ0n) is 8.44. The standard InChI is InChI=1S/C11H13ClO2S/c1-11(13-6-10(7-15)14-11)8-2-4-9(12)5-3-8/h2-5,10,15H,6-7H2,1H3/t10-,11-/m1/s1. The molecule has 1 aliphatic rings. The number of hydrogen-bond acceptors (Lipinski definition) is 3. The van der Waals surface area contributed by atoms with E-state index in [0.717, 1.165) is 5.56 Å². The van der Waals surface area contributed by atoms with E-state index in [4.69, 9.17) is 21.1 Å². The van der Waals surface area contributed by atoms with Crippen LogP contribution in [0.15, 0.2) is 24.3 Å². The largest absolute Gasteiger partial charge is 0.343 e. The molecule has 2 rings (SSSR count). The van der Waals surface area contributed by atoms with Gasteiger partial charge >= 0.3 is 0 Å². The molecular weight excluding hydrogens is 232 g/mol. The van der Waals surface area contributed by atoms with Gasteiger partial charge in [-0.15, -0.1) is 0 Å². The predicted octanol–water partition coefficient (Wildman–Crippen LogP) is 2.86. The average molecular weight is 245 g/mol. The summed E-state index contributed by atoms with van der Waals surface area (Å²) in [6.45, 7) is 2.50. The van der Waals surface area contributed by atoms with Crippen molar-refractivity contribution in [1.29, 1.82) is 0 Å². The van der Waals surface area contributed by atoms with Crippen molar-refractivity contribution >= 4 is 24.2 Å². The Kier molecular flexibility index (Phi) is 3.26. The molecule has 0 saturated carbocycles. The second-order valence-electron chi connectivity index (χ2n) is 3.69. The molecule has 1 aliphatic heterocycles. The van der Waals surface area contributed by atoms with Gasteiger partial charge in [0.25, 0.3) is 0 Å². The zero-order chi connectivity index (χ0) is 10.9. The van der Waals surface area contributed by atoms with Crippen molar-refractivity contribution in [3.63, 3.8) is 0 Å². The highest BCUT2D eigenvalue weighted by molar-refractivity contribution is 7.80. The monoisotopic (exact) mass is 244 g/mol. The minimum Gasteiger partial charge on any atom is -0.343 e. The normalized spacial score (nSPS) is 30.7. The fourth-order valence-corrected chi connectivity index (χ4v) is 1.94. The number of ether oxygens (including phenoxy) is 2. The van der Waals surface area contributed by atoms with Crippen LogP contribution in [0, 0.1) is 0 Å². The molecule has 1 aromatic carbocycles. The van der Waals surface area contributed by atoms with Crippen molar-refractivity contribution < 1.29 is 9.47 Å². The van der Waals surface area contributed by atoms with Crippen LogP contribution in [-0.4, -0.2) is 18.5 Å². The molecule has 0 bridgehead atoms. The third-order valence-electron chi connectivity index (χ3n) is 2.51. The van der Waals surface area contributed by atoms with Gasteiger partial charge in [0.05, 0.1) is 12.7 Å². The van der Waals surface area contributed by atoms with E-state index in [9.17, 15) is 0 Å². The molecular formula is C11H13ClO2S. The molecule has 0 aliphatic carbocycles. The first kappa shape index (κ1) is 11.3. The molecule has 2 nitrogen and oxygen atoms in total. The van der Waals surface area contributed by atoms with Gasteiger partial charge in [-0.2, -0.15) is 12.6 Å². The molecule has 0 spiro atoms. The molecule has 15 heavy (non-hydrogen) atoms. The number of benzene rings is 1. The van der Waals surface area contributed by atoms with Crippen LogP contribution in [0.1, 0.15) is 12.5 Å². The van der Waals surface area contributed by atoms with Crippen LogP contribution in [0.2, 0.25) is 5.02 Å². The lowest BCUT2D eigenvalue weighted by Crippen LogP contribution is -2.24. The second-order valence-corrected chi connectivity index (χ2v) is 4.49. The Hall–Kier alpha value is -0.220. The SMILES string of the molecule is C[C@@]1(c2ccc(Cl)cc2)OC[C@H](CS)O1. The molecule has 0 amide bonds. The summed E-state index contributed by atoms with van der Waals surface area (Å²) in [6, 6.07) is 7.51. The van der Waals surface area contributed by atoms with E-state index in [1.54, 1.807) is 0 Å². The van der Waals surface area contributed by atoms with Crippen molar-refractivity contribution in [2.45, 2.75) is 18.8 Å². The van der Waals surface area contributed by atoms with Crippen molar-refractivity contribution in [2.75, 3.05) is 12.4 Å². The summed E-state index contributed by atoms with van der Waals surface area (Å²) in [5.74, 6) is 0.0150. The van der Waals surface area contributed by atoms with E-state index >= 15 is 0 Å². The Labute approximate surface area is 99.9 Å². The lowest BCUT2D eigenvalue weighted by molar-refractivity contribution is -0.159. The van der Waals surface area contributed by atoms with Crippen molar-refractivity contribution in [3.05, 3.63) is 34.9 Å². The molecule has 0 N–H and O–H groups in total. The smallest absolute Gasteiger partial charge is 0.192 e. The maximum atomic E-state index is 5.83. The summed E-state index contributed by atoms with van der Waals surface area (Å²) in [5.41, 5.74) is 0.983. The topological polar surface area (TPSA) is 18.5 Å². The maximum absolute atomic E-state index is 5.83. The third-order valence-corrected chi connectivity index (χ3v) is 3.17. The van der Waals surface area contributed by atoms with Crippen LogP contribution >= 0.6 is 24.2 Å². The summed E-state index contributed by atoms with van der Waals surface area (Å²) >= 11 is 10.0. The Balaban J connectivity index is 2.20. The fourth-order valence-electron chi connectivity index (χ4n) is 1.63. The Bertz CT molecular complexity index is 341. The molecule has 1 saturated heterocycles. The van der Waals surface area contributed by atoms with E-state index in [0.29, 0.717) is 17.4 Å². The fraction of sp³-hybridized carbons (Fsp3) is 0.455. The quantitative estimate of drug-likeness (QED) is 0.807. The Morgan fingerprint density at radius 3 is 2.67 bits per heavy atom. The van der Waals surface area contributed by atoms with E-state index in [2.05, 4.69) is 12.6 Å². The molecule has 82 valence electrons. The Morgan fingerprint density at radius 1 is 1.47 bits per heavy atom. The summed E-state index contributed by atoms with van der Waals surface area (Å²) < 4.78 is 11.4. The van der Waals surface area contributed by atoms with E-state index in [-0.39, 0.29) is 6.10 Å². The van der Waals surface area contributed by atoms with Crippen molar-refractivity contribution in [1.82, 2.24) is 0 Å². The summed E-state index contributed by atoms with van der Waals surface area (Å²) in [7, 11) is 0. The first-order valence-corrected chi connectivity index (χ1v) is 5.84. The van der Waals surface area contributed by atoms with Crippen molar-refractivity contribution in [3.8, 4) is 0 Å². The van der Waals surface area contributed by atoms with Gasteiger partial charge in [-0.05, 0) is 19.1 Å². The van der Waals surface area contributed by atoms with Crippen LogP contribution in [0.5, 0.6) is 0 Å². The molecule has 2 atom stereocenters. The van der Waals surface area contributed by atoms with Crippen LogP contribution in [0.3, 0.4) is 0 Å². The second kappa shape index (κ2) is 4.34. The van der Waals surface area contributed by atoms with Gasteiger partial charge in [-0.3, -0.25) is 0 Å². The van der Waals surface area contributed by atoms with Gasteiger partial charge in [-0.1, -0.05) is 23.7 Å². The minimum atomic E-state index is -0.655. The molecule has 1 fully saturated rings. The lowest BCUT2D eigenvalue weighted by atomic mass is 10.1. The van der Waals surface area contributed by atoms with Crippen LogP contribution in [-0.2, 0) is 15.3 Å². The summed E-state index contributed by atoms with van der Waals surface area (Å²) in [6.07, 6.45) is 0.0639. The predicted molar refractivity (Wildman–Crippen MR) is 63.5 cm³/mol. The van der Waals surface area contributed by atoms with E-state index in [1.807, 2.05) is 31.2 Å². The number of rotatable bonds is 2. The van der Waals surface area contributed by atoms with Gasteiger partial charge in [0.15, 0.2) is 5.79 Å². The molecule has 1 heterocycles. The van der Waals surface area contributed by atoms with Crippen LogP contribution < -0.4 is 0 Å². The molecule has 4 heteroatoms. The zero-order valence-corrected chi connectivity index (χ0v) is 10.1. The van der Waals surface area contributed by atoms with Crippen molar-refractivity contribution in [2.24, 2.45) is 0 Å². The summed E-state index contributed by atoms with van der Waals surface area (Å²) in [4.78, 5) is 0. The molecule has 0 radical (unpaired) electrons. The molecule has 0 aromatic heterocycles. The van der Waals surface area contributed by atoms with Gasteiger partial charge < -0.3 is 9.47 Å². The molecule has 0 unspecified atom stereocenters. The highest BCUT2D eigenvalue weighted by Crippen LogP contribution is 2.34. The first-order chi connectivity index (χ1) is 7.14. The van der Waals surface area contributed by atoms with E-state index < -0.39 is 5.79 Å². The van der Waals surface area contributed by atoms with Crippen LogP contribution in [0.4, 0.5) is 0 Å². The highest BCUT2D eigenvalue weighted by atomic mass is 35.5. The van der Waals surface area contributed by atoms with Gasteiger partial charge in [0.2, 0.25) is 0 Å². The number of halogens is 1. The number of thiol groups is 1. The first-order valence-electron chi connectivity index (χ1n) is 4.83. The number of hydrogen-bond donors (Lipinski definition) is 1. The highest BCUT2D eigenvalue weighted by Gasteiger charge is 2.38. The Morgan fingerprint density at radius 2 is 2.13 bits per heavy atom. The van der Waals surface area contributed by atoms with Gasteiger partial charge in [0.1, 0.15) is 0 Å². The maximum Gasteiger partial charge on any atom is 0.192 e. The third kappa shape index (κ3) is 2.31. The lowest BCUT2D eigenvalue weighted by Gasteiger charge is -2.23. The molecule has 1 aromatic rings. The van der Waals surface area contributed by atoms with E-state index in [1.165, 1.54) is 0 Å². The van der Waals surface area contributed by atoms with Gasteiger partial charge in [-0.25, -0.2) is 0 Å². The van der Waals surface area contributed by atoms with Crippen LogP contribution in [0.25, 0.3) is 0 Å². The summed E-state index contributed by atoms with van der Waals surface area (Å²) in [5, 5.41) is 0.714. The van der Waals surface area contributed by atoms with Gasteiger partial charge in [0, 0.05) is 16.3 Å². The minimum absolute atomic E-state index is 0.0639. The average Bonchev–Trinajstić information content (AvgIpc) is 2.62.